The van der Waals surface area contributed by atoms with Crippen LogP contribution in [0.25, 0.3) is 0 Å². The highest BCUT2D eigenvalue weighted by molar-refractivity contribution is 5.96. The minimum Gasteiger partial charge on any atom is -0.515 e. The van der Waals surface area contributed by atoms with E-state index in [0.717, 1.165) is 44.8 Å². The third-order valence-electron chi connectivity index (χ3n) is 9.14. The minimum absolute atomic E-state index is 0.0531. The molecule has 4 rings (SSSR count). The molecule has 0 radical (unpaired) electrons. The number of carbonyl (C=O) groups excluding carboxylic acids is 1. The van der Waals surface area contributed by atoms with Crippen molar-refractivity contribution in [3.05, 3.63) is 11.8 Å². The van der Waals surface area contributed by atoms with E-state index in [4.69, 9.17) is 0 Å². The van der Waals surface area contributed by atoms with E-state index >= 15 is 0 Å². The molecule has 0 aromatic rings. The molecular formula is C21H32O3. The van der Waals surface area contributed by atoms with Gasteiger partial charge < -0.3 is 10.2 Å². The first-order chi connectivity index (χ1) is 11.2. The SMILES string of the molecule is C[C@]12C/C(=C\O)C(=O)C[C@@H]1CC[C@@H]1[C@H]2CC[C@@]2(C)[C@@H]1CC[C@]2(C)O. The van der Waals surface area contributed by atoms with Gasteiger partial charge in [0.25, 0.3) is 0 Å². The molecule has 0 amide bonds. The number of aliphatic hydroxyl groups excluding tert-OH is 1. The van der Waals surface area contributed by atoms with Crippen LogP contribution in [0.1, 0.15) is 72.1 Å². The van der Waals surface area contributed by atoms with Gasteiger partial charge in [0, 0.05) is 12.0 Å². The molecule has 4 aliphatic rings. The number of fused-ring (bicyclic) bond motifs is 5. The summed E-state index contributed by atoms with van der Waals surface area (Å²) in [6.45, 7) is 6.74. The van der Waals surface area contributed by atoms with Crippen LogP contribution in [0.4, 0.5) is 0 Å². The van der Waals surface area contributed by atoms with Crippen LogP contribution in [0, 0.1) is 34.5 Å². The summed E-state index contributed by atoms with van der Waals surface area (Å²) >= 11 is 0. The van der Waals surface area contributed by atoms with Crippen molar-refractivity contribution in [3.63, 3.8) is 0 Å². The third kappa shape index (κ3) is 1.97. The van der Waals surface area contributed by atoms with E-state index in [1.54, 1.807) is 0 Å². The lowest BCUT2D eigenvalue weighted by molar-refractivity contribution is -0.147. The molecule has 0 bridgehead atoms. The Kier molecular flexibility index (Phi) is 3.53. The summed E-state index contributed by atoms with van der Waals surface area (Å²) in [5.41, 5.74) is 0.304. The summed E-state index contributed by atoms with van der Waals surface area (Å²) < 4.78 is 0. The summed E-state index contributed by atoms with van der Waals surface area (Å²) in [6.07, 6.45) is 9.11. The van der Waals surface area contributed by atoms with Gasteiger partial charge in [-0.3, -0.25) is 4.79 Å². The fraction of sp³-hybridized carbons (Fsp3) is 0.857. The van der Waals surface area contributed by atoms with E-state index in [9.17, 15) is 15.0 Å². The number of ketones is 1. The number of aliphatic hydroxyl groups is 2. The molecule has 0 aromatic heterocycles. The smallest absolute Gasteiger partial charge is 0.162 e. The summed E-state index contributed by atoms with van der Waals surface area (Å²) in [5.74, 6) is 2.55. The van der Waals surface area contributed by atoms with Crippen LogP contribution < -0.4 is 0 Å². The zero-order chi connectivity index (χ0) is 17.3. The maximum Gasteiger partial charge on any atom is 0.162 e. The number of hydrogen-bond donors (Lipinski definition) is 2. The van der Waals surface area contributed by atoms with Crippen molar-refractivity contribution in [2.45, 2.75) is 77.7 Å². The zero-order valence-electron chi connectivity index (χ0n) is 15.3. The van der Waals surface area contributed by atoms with Crippen LogP contribution in [-0.2, 0) is 4.79 Å². The quantitative estimate of drug-likeness (QED) is 0.510. The molecule has 2 N–H and O–H groups in total. The summed E-state index contributed by atoms with van der Waals surface area (Å²) in [5, 5.41) is 20.5. The normalized spacial score (nSPS) is 55.8. The van der Waals surface area contributed by atoms with Gasteiger partial charge in [0.2, 0.25) is 0 Å². The van der Waals surface area contributed by atoms with Crippen LogP contribution >= 0.6 is 0 Å². The largest absolute Gasteiger partial charge is 0.515 e. The topological polar surface area (TPSA) is 57.5 Å². The van der Waals surface area contributed by atoms with Crippen LogP contribution in [0.15, 0.2) is 11.8 Å². The molecule has 0 spiro atoms. The van der Waals surface area contributed by atoms with Crippen molar-refractivity contribution in [2.75, 3.05) is 0 Å². The van der Waals surface area contributed by atoms with Crippen LogP contribution in [0.2, 0.25) is 0 Å². The fourth-order valence-electron chi connectivity index (χ4n) is 7.37. The predicted octanol–water partition coefficient (Wildman–Crippen LogP) is 4.40. The molecule has 7 atom stereocenters. The Balaban J connectivity index is 1.67. The molecule has 0 aliphatic heterocycles. The van der Waals surface area contributed by atoms with Crippen LogP contribution in [-0.4, -0.2) is 21.6 Å². The van der Waals surface area contributed by atoms with Crippen LogP contribution in [0.3, 0.4) is 0 Å². The summed E-state index contributed by atoms with van der Waals surface area (Å²) in [6, 6.07) is 0. The standard InChI is InChI=1S/C21H32O3/c1-19-11-13(12-22)18(23)10-14(19)4-5-15-16(19)6-8-20(2)17(15)7-9-21(20,3)24/h12,14-17,22,24H,4-11H2,1-3H3/b13-12+/t14-,15+,16+,17+,19-,20-,21-/m0/s1. The second-order valence-electron chi connectivity index (χ2n) is 9.88. The van der Waals surface area contributed by atoms with Gasteiger partial charge in [0.15, 0.2) is 5.78 Å². The highest BCUT2D eigenvalue weighted by Crippen LogP contribution is 2.68. The van der Waals surface area contributed by atoms with E-state index in [2.05, 4.69) is 13.8 Å². The Labute approximate surface area is 145 Å². The molecule has 0 aromatic carbocycles. The van der Waals surface area contributed by atoms with Crippen molar-refractivity contribution < 1.29 is 15.0 Å². The maximum atomic E-state index is 12.2. The molecule has 134 valence electrons. The van der Waals surface area contributed by atoms with Crippen molar-refractivity contribution >= 4 is 5.78 Å². The second-order valence-corrected chi connectivity index (χ2v) is 9.88. The fourth-order valence-corrected chi connectivity index (χ4v) is 7.37. The highest BCUT2D eigenvalue weighted by Gasteiger charge is 2.63. The van der Waals surface area contributed by atoms with Gasteiger partial charge in [-0.05, 0) is 86.4 Å². The Hall–Kier alpha value is -0.830. The van der Waals surface area contributed by atoms with Gasteiger partial charge >= 0.3 is 0 Å². The summed E-state index contributed by atoms with van der Waals surface area (Å²) in [4.78, 5) is 12.2. The molecular weight excluding hydrogens is 300 g/mol. The lowest BCUT2D eigenvalue weighted by Gasteiger charge is -2.61. The second kappa shape index (κ2) is 5.09. The number of rotatable bonds is 0. The average molecular weight is 332 g/mol. The van der Waals surface area contributed by atoms with Gasteiger partial charge in [-0.25, -0.2) is 0 Å². The Morgan fingerprint density at radius 2 is 1.75 bits per heavy atom. The third-order valence-corrected chi connectivity index (χ3v) is 9.14. The highest BCUT2D eigenvalue weighted by atomic mass is 16.3. The van der Waals surface area contributed by atoms with Crippen LogP contribution in [0.5, 0.6) is 0 Å². The number of carbonyl (C=O) groups is 1. The van der Waals surface area contributed by atoms with E-state index in [-0.39, 0.29) is 16.6 Å². The molecule has 0 unspecified atom stereocenters. The van der Waals surface area contributed by atoms with E-state index < -0.39 is 5.60 Å². The molecule has 4 fully saturated rings. The Morgan fingerprint density at radius 1 is 1.04 bits per heavy atom. The van der Waals surface area contributed by atoms with Gasteiger partial charge in [-0.15, -0.1) is 0 Å². The predicted molar refractivity (Wildman–Crippen MR) is 93.5 cm³/mol. The molecule has 0 heterocycles. The van der Waals surface area contributed by atoms with Crippen molar-refractivity contribution in [3.8, 4) is 0 Å². The molecule has 24 heavy (non-hydrogen) atoms. The molecule has 3 heteroatoms. The average Bonchev–Trinajstić information content (AvgIpc) is 2.77. The zero-order valence-corrected chi connectivity index (χ0v) is 15.3. The molecule has 4 aliphatic carbocycles. The van der Waals surface area contributed by atoms with E-state index in [0.29, 0.717) is 35.7 Å². The van der Waals surface area contributed by atoms with Gasteiger partial charge in [-0.2, -0.15) is 0 Å². The first-order valence-electron chi connectivity index (χ1n) is 9.82. The molecule has 4 saturated carbocycles. The number of allylic oxidation sites excluding steroid dienone is 1. The Morgan fingerprint density at radius 3 is 2.46 bits per heavy atom. The first-order valence-corrected chi connectivity index (χ1v) is 9.82. The van der Waals surface area contributed by atoms with Crippen molar-refractivity contribution in [2.24, 2.45) is 34.5 Å². The lowest BCUT2D eigenvalue weighted by Crippen LogP contribution is -2.56. The van der Waals surface area contributed by atoms with Crippen molar-refractivity contribution in [1.29, 1.82) is 0 Å². The van der Waals surface area contributed by atoms with Crippen molar-refractivity contribution in [1.82, 2.24) is 0 Å². The number of hydrogen-bond acceptors (Lipinski definition) is 3. The van der Waals surface area contributed by atoms with Gasteiger partial charge in [0.05, 0.1) is 11.9 Å². The van der Waals surface area contributed by atoms with Gasteiger partial charge in [-0.1, -0.05) is 13.8 Å². The summed E-state index contributed by atoms with van der Waals surface area (Å²) in [7, 11) is 0. The first kappa shape index (κ1) is 16.6. The number of Topliss-reactive ketones (excluding diaryl/α,β-unsaturated/α-hetero) is 1. The van der Waals surface area contributed by atoms with E-state index in [1.807, 2.05) is 6.92 Å². The van der Waals surface area contributed by atoms with E-state index in [1.165, 1.54) is 6.42 Å². The monoisotopic (exact) mass is 332 g/mol. The molecule has 3 nitrogen and oxygen atoms in total. The Bertz CT molecular complexity index is 592. The lowest BCUT2D eigenvalue weighted by atomic mass is 9.44. The van der Waals surface area contributed by atoms with Gasteiger partial charge in [0.1, 0.15) is 0 Å². The molecule has 0 saturated heterocycles. The maximum absolute atomic E-state index is 12.2. The minimum atomic E-state index is -0.529.